The first kappa shape index (κ1) is 15.8. The molecule has 1 amide bonds. The van der Waals surface area contributed by atoms with Crippen LogP contribution in [0, 0.1) is 5.41 Å². The van der Waals surface area contributed by atoms with E-state index >= 15 is 0 Å². The fourth-order valence-corrected chi connectivity index (χ4v) is 2.79. The summed E-state index contributed by atoms with van der Waals surface area (Å²) in [5, 5.41) is 13.1. The standard InChI is InChI=1S/C17H25NO3/c1-17(2)9-7-13(8-10-17)18-16(20)15(19)12-5-4-6-14(11-12)21-3/h4-6,11,13,15,19H,7-10H2,1-3H3,(H,18,20). The second kappa shape index (κ2) is 6.48. The molecular formula is C17H25NO3. The van der Waals surface area contributed by atoms with Crippen LogP contribution < -0.4 is 10.1 Å². The second-order valence-electron chi connectivity index (χ2n) is 6.63. The molecule has 1 unspecified atom stereocenters. The maximum Gasteiger partial charge on any atom is 0.253 e. The molecular weight excluding hydrogens is 266 g/mol. The van der Waals surface area contributed by atoms with E-state index in [1.165, 1.54) is 0 Å². The molecule has 1 fully saturated rings. The molecule has 4 nitrogen and oxygen atoms in total. The number of ether oxygens (including phenoxy) is 1. The van der Waals surface area contributed by atoms with Crippen molar-refractivity contribution in [3.05, 3.63) is 29.8 Å². The monoisotopic (exact) mass is 291 g/mol. The maximum absolute atomic E-state index is 12.2. The molecule has 1 aliphatic carbocycles. The van der Waals surface area contributed by atoms with Crippen molar-refractivity contribution in [2.75, 3.05) is 7.11 Å². The second-order valence-corrected chi connectivity index (χ2v) is 6.63. The Hall–Kier alpha value is -1.55. The van der Waals surface area contributed by atoms with Gasteiger partial charge in [0.2, 0.25) is 0 Å². The zero-order chi connectivity index (χ0) is 15.5. The third kappa shape index (κ3) is 4.21. The summed E-state index contributed by atoms with van der Waals surface area (Å²) in [5.74, 6) is 0.312. The normalized spacial score (nSPS) is 19.8. The van der Waals surface area contributed by atoms with Gasteiger partial charge in [-0.1, -0.05) is 26.0 Å². The number of aliphatic hydroxyl groups excluding tert-OH is 1. The molecule has 1 aromatic carbocycles. The van der Waals surface area contributed by atoms with Crippen LogP contribution in [-0.2, 0) is 4.79 Å². The zero-order valence-corrected chi connectivity index (χ0v) is 13.1. The van der Waals surface area contributed by atoms with Crippen LogP contribution in [0.15, 0.2) is 24.3 Å². The van der Waals surface area contributed by atoms with Gasteiger partial charge in [0.1, 0.15) is 5.75 Å². The van der Waals surface area contributed by atoms with E-state index in [0.717, 1.165) is 25.7 Å². The van der Waals surface area contributed by atoms with E-state index in [9.17, 15) is 9.90 Å². The molecule has 116 valence electrons. The average molecular weight is 291 g/mol. The fraction of sp³-hybridized carbons (Fsp3) is 0.588. The minimum absolute atomic E-state index is 0.172. The number of benzene rings is 1. The van der Waals surface area contributed by atoms with Crippen LogP contribution in [0.2, 0.25) is 0 Å². The number of amides is 1. The Bertz CT molecular complexity index is 489. The summed E-state index contributed by atoms with van der Waals surface area (Å²) >= 11 is 0. The Morgan fingerprint density at radius 3 is 2.67 bits per heavy atom. The number of hydrogen-bond acceptors (Lipinski definition) is 3. The molecule has 1 atom stereocenters. The number of aliphatic hydroxyl groups is 1. The summed E-state index contributed by atoms with van der Waals surface area (Å²) in [6, 6.07) is 7.15. The fourth-order valence-electron chi connectivity index (χ4n) is 2.79. The van der Waals surface area contributed by atoms with Gasteiger partial charge in [-0.25, -0.2) is 0 Å². The number of nitrogens with one attached hydrogen (secondary N) is 1. The zero-order valence-electron chi connectivity index (χ0n) is 13.1. The molecule has 2 N–H and O–H groups in total. The molecule has 2 rings (SSSR count). The predicted molar refractivity (Wildman–Crippen MR) is 82.1 cm³/mol. The van der Waals surface area contributed by atoms with Gasteiger partial charge in [0.15, 0.2) is 6.10 Å². The highest BCUT2D eigenvalue weighted by molar-refractivity contribution is 5.82. The molecule has 4 heteroatoms. The molecule has 1 saturated carbocycles. The average Bonchev–Trinajstić information content (AvgIpc) is 2.48. The quantitative estimate of drug-likeness (QED) is 0.897. The first-order chi connectivity index (χ1) is 9.91. The Balaban J connectivity index is 1.93. The Morgan fingerprint density at radius 1 is 1.38 bits per heavy atom. The maximum atomic E-state index is 12.2. The summed E-state index contributed by atoms with van der Waals surface area (Å²) < 4.78 is 5.11. The summed E-state index contributed by atoms with van der Waals surface area (Å²) in [6.07, 6.45) is 3.02. The van der Waals surface area contributed by atoms with Gasteiger partial charge >= 0.3 is 0 Å². The van der Waals surface area contributed by atoms with Crippen molar-refractivity contribution in [1.82, 2.24) is 5.32 Å². The number of hydrogen-bond donors (Lipinski definition) is 2. The van der Waals surface area contributed by atoms with Gasteiger partial charge < -0.3 is 15.2 Å². The molecule has 21 heavy (non-hydrogen) atoms. The Kier molecular flexibility index (Phi) is 4.88. The summed E-state index contributed by atoms with van der Waals surface area (Å²) in [7, 11) is 1.56. The van der Waals surface area contributed by atoms with Crippen LogP contribution in [0.1, 0.15) is 51.2 Å². The van der Waals surface area contributed by atoms with Gasteiger partial charge in [0, 0.05) is 6.04 Å². The Labute approximate surface area is 126 Å². The van der Waals surface area contributed by atoms with E-state index in [1.54, 1.807) is 31.4 Å². The minimum Gasteiger partial charge on any atom is -0.497 e. The lowest BCUT2D eigenvalue weighted by molar-refractivity contribution is -0.130. The summed E-state index contributed by atoms with van der Waals surface area (Å²) in [4.78, 5) is 12.2. The number of rotatable bonds is 4. The third-order valence-corrected chi connectivity index (χ3v) is 4.34. The molecule has 0 heterocycles. The smallest absolute Gasteiger partial charge is 0.253 e. The van der Waals surface area contributed by atoms with Crippen LogP contribution in [0.5, 0.6) is 5.75 Å². The van der Waals surface area contributed by atoms with E-state index < -0.39 is 6.10 Å². The van der Waals surface area contributed by atoms with Crippen molar-refractivity contribution in [3.63, 3.8) is 0 Å². The topological polar surface area (TPSA) is 58.6 Å². The molecule has 0 spiro atoms. The SMILES string of the molecule is COc1cccc(C(O)C(=O)NC2CCC(C)(C)CC2)c1. The largest absolute Gasteiger partial charge is 0.497 e. The van der Waals surface area contributed by atoms with Crippen LogP contribution in [0.25, 0.3) is 0 Å². The van der Waals surface area contributed by atoms with Crippen molar-refractivity contribution in [2.24, 2.45) is 5.41 Å². The van der Waals surface area contributed by atoms with Crippen LogP contribution >= 0.6 is 0 Å². The van der Waals surface area contributed by atoms with E-state index in [-0.39, 0.29) is 11.9 Å². The molecule has 0 bridgehead atoms. The van der Waals surface area contributed by atoms with Gasteiger partial charge in [0.05, 0.1) is 7.11 Å². The summed E-state index contributed by atoms with van der Waals surface area (Å²) in [6.45, 7) is 4.52. The van der Waals surface area contributed by atoms with Crippen molar-refractivity contribution in [2.45, 2.75) is 51.7 Å². The minimum atomic E-state index is -1.14. The highest BCUT2D eigenvalue weighted by Crippen LogP contribution is 2.35. The van der Waals surface area contributed by atoms with Gasteiger partial charge in [-0.05, 0) is 48.8 Å². The number of carbonyl (C=O) groups excluding carboxylic acids is 1. The first-order valence-corrected chi connectivity index (χ1v) is 7.54. The van der Waals surface area contributed by atoms with Gasteiger partial charge in [-0.3, -0.25) is 4.79 Å². The van der Waals surface area contributed by atoms with Crippen molar-refractivity contribution in [3.8, 4) is 5.75 Å². The van der Waals surface area contributed by atoms with Crippen LogP contribution in [0.3, 0.4) is 0 Å². The highest BCUT2D eigenvalue weighted by Gasteiger charge is 2.29. The first-order valence-electron chi connectivity index (χ1n) is 7.54. The van der Waals surface area contributed by atoms with E-state index in [4.69, 9.17) is 4.74 Å². The summed E-state index contributed by atoms with van der Waals surface area (Å²) in [5.41, 5.74) is 0.926. The molecule has 0 aliphatic heterocycles. The number of methoxy groups -OCH3 is 1. The van der Waals surface area contributed by atoms with E-state index in [0.29, 0.717) is 16.7 Å². The predicted octanol–water partition coefficient (Wildman–Crippen LogP) is 2.81. The number of carbonyl (C=O) groups is 1. The van der Waals surface area contributed by atoms with Gasteiger partial charge in [0.25, 0.3) is 5.91 Å². The van der Waals surface area contributed by atoms with Gasteiger partial charge in [-0.2, -0.15) is 0 Å². The lowest BCUT2D eigenvalue weighted by Gasteiger charge is -2.34. The lowest BCUT2D eigenvalue weighted by atomic mass is 9.75. The lowest BCUT2D eigenvalue weighted by Crippen LogP contribution is -2.41. The molecule has 1 aliphatic rings. The van der Waals surface area contributed by atoms with E-state index in [2.05, 4.69) is 19.2 Å². The molecule has 0 radical (unpaired) electrons. The van der Waals surface area contributed by atoms with Crippen LogP contribution in [-0.4, -0.2) is 24.2 Å². The molecule has 0 aromatic heterocycles. The van der Waals surface area contributed by atoms with Crippen molar-refractivity contribution < 1.29 is 14.6 Å². The van der Waals surface area contributed by atoms with E-state index in [1.807, 2.05) is 0 Å². The van der Waals surface area contributed by atoms with Crippen LogP contribution in [0.4, 0.5) is 0 Å². The van der Waals surface area contributed by atoms with Gasteiger partial charge in [-0.15, -0.1) is 0 Å². The highest BCUT2D eigenvalue weighted by atomic mass is 16.5. The third-order valence-electron chi connectivity index (χ3n) is 4.34. The molecule has 0 saturated heterocycles. The van der Waals surface area contributed by atoms with Crippen molar-refractivity contribution >= 4 is 5.91 Å². The Morgan fingerprint density at radius 2 is 2.05 bits per heavy atom. The molecule has 1 aromatic rings. The van der Waals surface area contributed by atoms with Crippen molar-refractivity contribution in [1.29, 1.82) is 0 Å².